The summed E-state index contributed by atoms with van der Waals surface area (Å²) in [5.41, 5.74) is 9.64. The minimum absolute atomic E-state index is 0.349. The number of unbranched alkanes of at least 4 members (excludes halogenated alkanes) is 3. The van der Waals surface area contributed by atoms with E-state index in [0.29, 0.717) is 34.1 Å². The molecule has 7 nitrogen and oxygen atoms in total. The molecule has 0 unspecified atom stereocenters. The number of halogens is 1. The number of thioether (sulfide) groups is 1. The van der Waals surface area contributed by atoms with E-state index < -0.39 is 0 Å². The monoisotopic (exact) mass is 527 g/mol. The second kappa shape index (κ2) is 11.6. The van der Waals surface area contributed by atoms with Crippen molar-refractivity contribution in [3.63, 3.8) is 0 Å². The first-order valence-electron chi connectivity index (χ1n) is 12.8. The molecule has 0 saturated heterocycles. The number of anilines is 1. The first kappa shape index (κ1) is 25.7. The number of hydrogen-bond acceptors (Lipinski definition) is 7. The van der Waals surface area contributed by atoms with Crippen LogP contribution in [0, 0.1) is 5.82 Å². The van der Waals surface area contributed by atoms with Crippen LogP contribution in [0.4, 0.5) is 10.2 Å². The van der Waals surface area contributed by atoms with E-state index in [1.54, 1.807) is 23.0 Å². The number of nitrogens with zero attached hydrogens (tertiary/aromatic N) is 5. The van der Waals surface area contributed by atoms with Gasteiger partial charge in [-0.2, -0.15) is 5.10 Å². The largest absolute Gasteiger partial charge is 0.394 e. The molecule has 1 aromatic carbocycles. The molecule has 0 aliphatic carbocycles. The number of nitrogens with one attached hydrogen (secondary N) is 1. The highest BCUT2D eigenvalue weighted by molar-refractivity contribution is 8.06. The number of pyridine rings is 1. The van der Waals surface area contributed by atoms with E-state index in [2.05, 4.69) is 35.0 Å². The van der Waals surface area contributed by atoms with E-state index in [1.165, 1.54) is 43.2 Å². The Balaban J connectivity index is 1.52. The van der Waals surface area contributed by atoms with Crippen molar-refractivity contribution < 1.29 is 4.39 Å². The molecule has 0 saturated carbocycles. The van der Waals surface area contributed by atoms with Crippen LogP contribution >= 0.6 is 11.8 Å². The molecule has 0 fully saturated rings. The zero-order valence-electron chi connectivity index (χ0n) is 21.3. The summed E-state index contributed by atoms with van der Waals surface area (Å²) >= 11 is 1.46. The summed E-state index contributed by atoms with van der Waals surface area (Å²) < 4.78 is 15.6. The molecule has 3 N–H and O–H groups in total. The molecule has 9 heteroatoms. The number of nitrogens with two attached hydrogens (primary N) is 1. The minimum atomic E-state index is -0.349. The van der Waals surface area contributed by atoms with Crippen molar-refractivity contribution in [2.45, 2.75) is 45.4 Å². The van der Waals surface area contributed by atoms with Crippen LogP contribution < -0.4 is 11.1 Å². The molecule has 1 aliphatic rings. The summed E-state index contributed by atoms with van der Waals surface area (Å²) in [5.74, 6) is 0.689. The standard InChI is InChI=1S/C29H30FN7S/c1-3-4-5-6-10-22-15-14-20(17-32-22)27-35-28(34-19(2)25-12-8-13-26(31)38-25)24-18-33-37(29(24)36-27)23-11-7-9-21(30)16-23/h7,9,11-18H,2-6,8,10,31H2,1H3,(H,34,35,36). The molecule has 4 heterocycles. The van der Waals surface area contributed by atoms with Gasteiger partial charge in [0, 0.05) is 28.1 Å². The molecule has 0 radical (unpaired) electrons. The lowest BCUT2D eigenvalue weighted by Crippen LogP contribution is -2.07. The molecule has 0 atom stereocenters. The molecule has 4 aromatic rings. The van der Waals surface area contributed by atoms with Crippen LogP contribution in [0.15, 0.2) is 83.2 Å². The van der Waals surface area contributed by atoms with E-state index in [9.17, 15) is 4.39 Å². The maximum Gasteiger partial charge on any atom is 0.169 e. The van der Waals surface area contributed by atoms with Gasteiger partial charge < -0.3 is 11.1 Å². The quantitative estimate of drug-likeness (QED) is 0.217. The number of rotatable bonds is 10. The van der Waals surface area contributed by atoms with Crippen molar-refractivity contribution in [2.24, 2.45) is 5.73 Å². The van der Waals surface area contributed by atoms with Gasteiger partial charge in [0.1, 0.15) is 11.6 Å². The van der Waals surface area contributed by atoms with E-state index in [0.717, 1.165) is 40.5 Å². The van der Waals surface area contributed by atoms with Gasteiger partial charge in [-0.05, 0) is 49.6 Å². The SMILES string of the molecule is C=C(Nc1nc(-c2ccc(CCCCCC)nc2)nc2c1cnn2-c1cccc(F)c1)C1=CCC=C(N)S1. The zero-order chi connectivity index (χ0) is 26.5. The Morgan fingerprint density at radius 1 is 1.13 bits per heavy atom. The average molecular weight is 528 g/mol. The van der Waals surface area contributed by atoms with Crippen LogP contribution in [0.2, 0.25) is 0 Å². The number of benzene rings is 1. The van der Waals surface area contributed by atoms with Crippen molar-refractivity contribution in [2.75, 3.05) is 5.32 Å². The maximum absolute atomic E-state index is 14.0. The van der Waals surface area contributed by atoms with Crippen LogP contribution in [-0.2, 0) is 6.42 Å². The highest BCUT2D eigenvalue weighted by atomic mass is 32.2. The fourth-order valence-electron chi connectivity index (χ4n) is 4.25. The number of aryl methyl sites for hydroxylation is 1. The van der Waals surface area contributed by atoms with Gasteiger partial charge in [-0.15, -0.1) is 0 Å². The van der Waals surface area contributed by atoms with Gasteiger partial charge in [0.05, 0.1) is 22.3 Å². The molecule has 0 amide bonds. The van der Waals surface area contributed by atoms with Crippen LogP contribution in [0.1, 0.15) is 44.7 Å². The van der Waals surface area contributed by atoms with E-state index >= 15 is 0 Å². The topological polar surface area (TPSA) is 94.5 Å². The highest BCUT2D eigenvalue weighted by Crippen LogP contribution is 2.34. The Morgan fingerprint density at radius 2 is 2.03 bits per heavy atom. The van der Waals surface area contributed by atoms with Gasteiger partial charge >= 0.3 is 0 Å². The summed E-state index contributed by atoms with van der Waals surface area (Å²) in [4.78, 5) is 15.3. The normalized spacial score (nSPS) is 13.3. The predicted octanol–water partition coefficient (Wildman–Crippen LogP) is 6.89. The maximum atomic E-state index is 14.0. The Morgan fingerprint density at radius 3 is 2.79 bits per heavy atom. The van der Waals surface area contributed by atoms with Gasteiger partial charge in [0.25, 0.3) is 0 Å². The van der Waals surface area contributed by atoms with Crippen LogP contribution in [-0.4, -0.2) is 24.7 Å². The smallest absolute Gasteiger partial charge is 0.169 e. The third kappa shape index (κ3) is 5.78. The molecule has 3 aromatic heterocycles. The minimum Gasteiger partial charge on any atom is -0.394 e. The van der Waals surface area contributed by atoms with Crippen molar-refractivity contribution in [1.82, 2.24) is 24.7 Å². The highest BCUT2D eigenvalue weighted by Gasteiger charge is 2.18. The molecule has 0 spiro atoms. The van der Waals surface area contributed by atoms with Crippen LogP contribution in [0.5, 0.6) is 0 Å². The summed E-state index contributed by atoms with van der Waals surface area (Å²) in [6.07, 6.45) is 14.0. The Hall–Kier alpha value is -3.98. The fraction of sp³-hybridized carbons (Fsp3) is 0.241. The molecular weight excluding hydrogens is 497 g/mol. The van der Waals surface area contributed by atoms with E-state index in [1.807, 2.05) is 24.4 Å². The zero-order valence-corrected chi connectivity index (χ0v) is 22.1. The Bertz CT molecular complexity index is 1520. The average Bonchev–Trinajstić information content (AvgIpc) is 3.36. The summed E-state index contributed by atoms with van der Waals surface area (Å²) in [5, 5.41) is 9.28. The third-order valence-electron chi connectivity index (χ3n) is 6.27. The summed E-state index contributed by atoms with van der Waals surface area (Å²) in [6, 6.07) is 10.3. The molecular formula is C29H30FN7S. The number of hydrogen-bond donors (Lipinski definition) is 2. The van der Waals surface area contributed by atoms with E-state index in [4.69, 9.17) is 15.7 Å². The Labute approximate surface area is 225 Å². The summed E-state index contributed by atoms with van der Waals surface area (Å²) in [7, 11) is 0. The van der Waals surface area contributed by atoms with Gasteiger partial charge in [-0.1, -0.05) is 62.7 Å². The second-order valence-corrected chi connectivity index (χ2v) is 10.2. The van der Waals surface area contributed by atoms with Crippen LogP contribution in [0.25, 0.3) is 28.1 Å². The van der Waals surface area contributed by atoms with Crippen molar-refractivity contribution in [1.29, 1.82) is 0 Å². The number of fused-ring (bicyclic) bond motifs is 1. The van der Waals surface area contributed by atoms with E-state index in [-0.39, 0.29) is 5.82 Å². The van der Waals surface area contributed by atoms with Gasteiger partial charge in [0.15, 0.2) is 11.5 Å². The van der Waals surface area contributed by atoms with Gasteiger partial charge in [-0.3, -0.25) is 4.98 Å². The third-order valence-corrected chi connectivity index (χ3v) is 7.30. The van der Waals surface area contributed by atoms with Crippen LogP contribution in [0.3, 0.4) is 0 Å². The predicted molar refractivity (Wildman–Crippen MR) is 153 cm³/mol. The first-order chi connectivity index (χ1) is 18.5. The fourth-order valence-corrected chi connectivity index (χ4v) is 5.04. The molecule has 5 rings (SSSR count). The lowest BCUT2D eigenvalue weighted by atomic mass is 10.1. The van der Waals surface area contributed by atoms with Crippen molar-refractivity contribution in [3.8, 4) is 17.1 Å². The Kier molecular flexibility index (Phi) is 7.83. The molecule has 1 aliphatic heterocycles. The van der Waals surface area contributed by atoms with Gasteiger partial charge in [0.2, 0.25) is 0 Å². The van der Waals surface area contributed by atoms with Crippen molar-refractivity contribution >= 4 is 28.6 Å². The van der Waals surface area contributed by atoms with Crippen molar-refractivity contribution in [3.05, 3.63) is 94.7 Å². The lowest BCUT2D eigenvalue weighted by Gasteiger charge is -2.16. The first-order valence-corrected chi connectivity index (χ1v) is 13.6. The molecule has 194 valence electrons. The second-order valence-electron chi connectivity index (χ2n) is 9.13. The summed E-state index contributed by atoms with van der Waals surface area (Å²) in [6.45, 7) is 6.42. The molecule has 0 bridgehead atoms. The number of allylic oxidation sites excluding steroid dienone is 2. The number of aromatic nitrogens is 5. The lowest BCUT2D eigenvalue weighted by molar-refractivity contribution is 0.625. The molecule has 38 heavy (non-hydrogen) atoms. The van der Waals surface area contributed by atoms with Gasteiger partial charge in [-0.25, -0.2) is 19.0 Å².